The minimum absolute atomic E-state index is 0.102. The molecule has 0 aromatic rings. The maximum Gasteiger partial charge on any atom is 0.210 e. The first-order valence-corrected chi connectivity index (χ1v) is 5.95. The van der Waals surface area contributed by atoms with E-state index in [0.717, 1.165) is 30.7 Å². The average molecular weight is 237 g/mol. The van der Waals surface area contributed by atoms with Gasteiger partial charge in [0.2, 0.25) is 5.88 Å². The Labute approximate surface area is 101 Å². The topological polar surface area (TPSA) is 57.1 Å². The van der Waals surface area contributed by atoms with E-state index in [1.54, 1.807) is 0 Å². The van der Waals surface area contributed by atoms with E-state index in [2.05, 4.69) is 22.7 Å². The van der Waals surface area contributed by atoms with Gasteiger partial charge in [-0.25, -0.2) is 5.43 Å². The Hall–Kier alpha value is -1.49. The van der Waals surface area contributed by atoms with Crippen molar-refractivity contribution in [2.75, 3.05) is 7.05 Å². The minimum Gasteiger partial charge on any atom is -0.474 e. The van der Waals surface area contributed by atoms with Crippen molar-refractivity contribution in [3.8, 4) is 0 Å². The van der Waals surface area contributed by atoms with Gasteiger partial charge in [0, 0.05) is 13.5 Å². The highest BCUT2D eigenvalue weighted by Crippen LogP contribution is 2.24. The average Bonchev–Trinajstić information content (AvgIpc) is 2.58. The maximum absolute atomic E-state index is 8.68. The summed E-state index contributed by atoms with van der Waals surface area (Å²) in [6.07, 6.45) is 9.03. The molecular formula is C12H19N3O2. The summed E-state index contributed by atoms with van der Waals surface area (Å²) in [6.45, 7) is 2.00. The lowest BCUT2D eigenvalue weighted by atomic mass is 10.0. The number of hydrogen-bond acceptors (Lipinski definition) is 5. The first-order valence-electron chi connectivity index (χ1n) is 5.95. The monoisotopic (exact) mass is 237 g/mol. The van der Waals surface area contributed by atoms with Crippen LogP contribution in [0.25, 0.3) is 0 Å². The number of rotatable bonds is 3. The van der Waals surface area contributed by atoms with Gasteiger partial charge in [-0.05, 0) is 19.8 Å². The van der Waals surface area contributed by atoms with Crippen molar-refractivity contribution in [3.63, 3.8) is 0 Å². The number of nitrogens with zero attached hydrogens (tertiary/aromatic N) is 2. The quantitative estimate of drug-likeness (QED) is 0.339. The van der Waals surface area contributed by atoms with E-state index >= 15 is 0 Å². The predicted molar refractivity (Wildman–Crippen MR) is 65.5 cm³/mol. The normalized spacial score (nSPS) is 29.4. The van der Waals surface area contributed by atoms with Gasteiger partial charge in [-0.2, -0.15) is 0 Å². The number of oxime groups is 1. The lowest BCUT2D eigenvalue weighted by Gasteiger charge is -2.24. The molecule has 0 aromatic heterocycles. The molecule has 0 saturated heterocycles. The SMILES string of the molecule is CC1NN(C)C(OC2CC=CCC2)=C1/C=N/O. The highest BCUT2D eigenvalue weighted by atomic mass is 16.5. The fourth-order valence-corrected chi connectivity index (χ4v) is 2.20. The molecular weight excluding hydrogens is 218 g/mol. The van der Waals surface area contributed by atoms with Gasteiger partial charge in [-0.15, -0.1) is 0 Å². The van der Waals surface area contributed by atoms with Crippen molar-refractivity contribution in [3.05, 3.63) is 23.6 Å². The second-order valence-corrected chi connectivity index (χ2v) is 4.44. The zero-order valence-electron chi connectivity index (χ0n) is 10.3. The first-order chi connectivity index (χ1) is 8.22. The molecule has 5 nitrogen and oxygen atoms in total. The van der Waals surface area contributed by atoms with Crippen molar-refractivity contribution in [2.45, 2.75) is 38.3 Å². The Kier molecular flexibility index (Phi) is 3.68. The van der Waals surface area contributed by atoms with Crippen LogP contribution in [0.1, 0.15) is 26.2 Å². The van der Waals surface area contributed by atoms with Gasteiger partial charge in [0.15, 0.2) is 0 Å². The lowest BCUT2D eigenvalue weighted by Crippen LogP contribution is -2.34. The van der Waals surface area contributed by atoms with E-state index in [1.807, 2.05) is 19.0 Å². The third-order valence-electron chi connectivity index (χ3n) is 3.10. The van der Waals surface area contributed by atoms with E-state index in [1.165, 1.54) is 6.21 Å². The van der Waals surface area contributed by atoms with Crippen molar-refractivity contribution < 1.29 is 9.94 Å². The van der Waals surface area contributed by atoms with Gasteiger partial charge in [0.05, 0.1) is 17.8 Å². The van der Waals surface area contributed by atoms with Gasteiger partial charge >= 0.3 is 0 Å². The fraction of sp³-hybridized carbons (Fsp3) is 0.583. The summed E-state index contributed by atoms with van der Waals surface area (Å²) < 4.78 is 5.99. The summed E-state index contributed by atoms with van der Waals surface area (Å²) >= 11 is 0. The summed E-state index contributed by atoms with van der Waals surface area (Å²) in [5.41, 5.74) is 4.08. The van der Waals surface area contributed by atoms with Gasteiger partial charge in [0.1, 0.15) is 6.10 Å². The first kappa shape index (κ1) is 12.0. The van der Waals surface area contributed by atoms with Gasteiger partial charge in [-0.3, -0.25) is 5.01 Å². The zero-order chi connectivity index (χ0) is 12.3. The highest BCUT2D eigenvalue weighted by molar-refractivity contribution is 5.80. The molecule has 0 aromatic carbocycles. The van der Waals surface area contributed by atoms with Crippen molar-refractivity contribution in [2.24, 2.45) is 5.16 Å². The van der Waals surface area contributed by atoms with Crippen molar-refractivity contribution >= 4 is 6.21 Å². The molecule has 1 aliphatic carbocycles. The number of ether oxygens (including phenoxy) is 1. The van der Waals surface area contributed by atoms with E-state index in [-0.39, 0.29) is 12.1 Å². The van der Waals surface area contributed by atoms with Gasteiger partial charge < -0.3 is 9.94 Å². The largest absolute Gasteiger partial charge is 0.474 e. The molecule has 1 aliphatic heterocycles. The van der Waals surface area contributed by atoms with Crippen LogP contribution < -0.4 is 5.43 Å². The molecule has 2 unspecified atom stereocenters. The molecule has 0 spiro atoms. The van der Waals surface area contributed by atoms with Gasteiger partial charge in [-0.1, -0.05) is 17.3 Å². The van der Waals surface area contributed by atoms with E-state index in [9.17, 15) is 0 Å². The number of nitrogens with one attached hydrogen (secondary N) is 1. The highest BCUT2D eigenvalue weighted by Gasteiger charge is 2.28. The Morgan fingerprint density at radius 2 is 2.41 bits per heavy atom. The molecule has 2 atom stereocenters. The predicted octanol–water partition coefficient (Wildman–Crippen LogP) is 1.62. The van der Waals surface area contributed by atoms with Crippen LogP contribution in [0.2, 0.25) is 0 Å². The Bertz CT molecular complexity index is 363. The molecule has 0 saturated carbocycles. The Balaban J connectivity index is 2.12. The summed E-state index contributed by atoms with van der Waals surface area (Å²) in [5.74, 6) is 0.760. The van der Waals surface area contributed by atoms with Crippen molar-refractivity contribution in [1.29, 1.82) is 0 Å². The molecule has 2 rings (SSSR count). The fourth-order valence-electron chi connectivity index (χ4n) is 2.20. The lowest BCUT2D eigenvalue weighted by molar-refractivity contribution is 0.0465. The molecule has 94 valence electrons. The Morgan fingerprint density at radius 3 is 3.06 bits per heavy atom. The third kappa shape index (κ3) is 2.61. The Morgan fingerprint density at radius 1 is 1.59 bits per heavy atom. The van der Waals surface area contributed by atoms with E-state index in [0.29, 0.717) is 0 Å². The zero-order valence-corrected chi connectivity index (χ0v) is 10.3. The third-order valence-corrected chi connectivity index (χ3v) is 3.10. The summed E-state index contributed by atoms with van der Waals surface area (Å²) in [4.78, 5) is 0. The molecule has 0 fully saturated rings. The molecule has 5 heteroatoms. The number of hydrogen-bond donors (Lipinski definition) is 2. The molecule has 2 N–H and O–H groups in total. The smallest absolute Gasteiger partial charge is 0.210 e. The summed E-state index contributed by atoms with van der Waals surface area (Å²) in [6, 6.07) is 0.102. The number of allylic oxidation sites excluding steroid dienone is 1. The molecule has 17 heavy (non-hydrogen) atoms. The minimum atomic E-state index is 0.102. The van der Waals surface area contributed by atoms with Crippen LogP contribution in [0.3, 0.4) is 0 Å². The van der Waals surface area contributed by atoms with Crippen LogP contribution in [-0.2, 0) is 4.74 Å². The second-order valence-electron chi connectivity index (χ2n) is 4.44. The summed E-state index contributed by atoms with van der Waals surface area (Å²) in [5, 5.41) is 13.6. The van der Waals surface area contributed by atoms with Crippen LogP contribution >= 0.6 is 0 Å². The van der Waals surface area contributed by atoms with Gasteiger partial charge in [0.25, 0.3) is 0 Å². The summed E-state index contributed by atoms with van der Waals surface area (Å²) in [7, 11) is 1.91. The van der Waals surface area contributed by atoms with Crippen LogP contribution in [0.15, 0.2) is 28.8 Å². The molecule has 1 heterocycles. The van der Waals surface area contributed by atoms with Crippen LogP contribution in [0, 0.1) is 0 Å². The van der Waals surface area contributed by atoms with E-state index < -0.39 is 0 Å². The van der Waals surface area contributed by atoms with Crippen molar-refractivity contribution in [1.82, 2.24) is 10.4 Å². The van der Waals surface area contributed by atoms with Crippen LogP contribution in [0.4, 0.5) is 0 Å². The maximum atomic E-state index is 8.68. The molecule has 0 bridgehead atoms. The molecule has 0 radical (unpaired) electrons. The van der Waals surface area contributed by atoms with E-state index in [4.69, 9.17) is 9.94 Å². The molecule has 0 amide bonds. The van der Waals surface area contributed by atoms with Crippen LogP contribution in [-0.4, -0.2) is 35.6 Å². The number of hydrazine groups is 1. The molecule has 2 aliphatic rings. The standard InChI is InChI=1S/C12H19N3O2/c1-9-11(8-13-16)12(15(2)14-9)17-10-6-4-3-5-7-10/h3-4,8-10,14,16H,5-7H2,1-2H3/b13-8+. The second kappa shape index (κ2) is 5.23. The van der Waals surface area contributed by atoms with Crippen LogP contribution in [0.5, 0.6) is 0 Å².